The molecule has 0 fully saturated rings. The van der Waals surface area contributed by atoms with Crippen molar-refractivity contribution in [3.8, 4) is 5.88 Å². The Morgan fingerprint density at radius 2 is 1.95 bits per heavy atom. The molecule has 1 aromatic heterocycles. The summed E-state index contributed by atoms with van der Waals surface area (Å²) in [7, 11) is 0. The number of aromatic nitrogens is 2. The molecule has 5 heteroatoms. The molecule has 0 atom stereocenters. The van der Waals surface area contributed by atoms with Gasteiger partial charge in [0.15, 0.2) is 0 Å². The second-order valence-electron chi connectivity index (χ2n) is 5.94. The molecule has 3 nitrogen and oxygen atoms in total. The number of nitrogens with zero attached hydrogens (tertiary/aromatic N) is 2. The van der Waals surface area contributed by atoms with Crippen LogP contribution < -0.4 is 4.74 Å². The topological polar surface area (TPSA) is 35.0 Å². The lowest BCUT2D eigenvalue weighted by Gasteiger charge is -2.19. The van der Waals surface area contributed by atoms with Crippen LogP contribution in [0.15, 0.2) is 28.7 Å². The van der Waals surface area contributed by atoms with Crippen molar-refractivity contribution in [2.45, 2.75) is 39.7 Å². The third-order valence-corrected chi connectivity index (χ3v) is 3.84. The smallest absolute Gasteiger partial charge is 0.221 e. The molecule has 0 bridgehead atoms. The molecule has 2 rings (SSSR count). The molecule has 0 saturated heterocycles. The van der Waals surface area contributed by atoms with Gasteiger partial charge in [-0.3, -0.25) is 0 Å². The second kappa shape index (κ2) is 6.32. The van der Waals surface area contributed by atoms with Crippen LogP contribution in [-0.4, -0.2) is 9.97 Å². The van der Waals surface area contributed by atoms with E-state index in [2.05, 4.69) is 25.9 Å². The Morgan fingerprint density at radius 1 is 1.24 bits per heavy atom. The molecule has 0 radical (unpaired) electrons. The van der Waals surface area contributed by atoms with E-state index in [1.807, 2.05) is 52.0 Å². The summed E-state index contributed by atoms with van der Waals surface area (Å²) in [5.74, 6) is 1.22. The van der Waals surface area contributed by atoms with Crippen molar-refractivity contribution < 1.29 is 4.74 Å². The van der Waals surface area contributed by atoms with Crippen LogP contribution in [0.5, 0.6) is 5.88 Å². The van der Waals surface area contributed by atoms with Crippen LogP contribution in [0.25, 0.3) is 0 Å². The van der Waals surface area contributed by atoms with E-state index in [1.165, 1.54) is 0 Å². The average molecular weight is 370 g/mol. The zero-order valence-electron chi connectivity index (χ0n) is 12.6. The Kier molecular flexibility index (Phi) is 4.89. The lowest BCUT2D eigenvalue weighted by Crippen LogP contribution is -2.17. The predicted octanol–water partition coefficient (Wildman–Crippen LogP) is 5.08. The van der Waals surface area contributed by atoms with Gasteiger partial charge in [0.05, 0.1) is 0 Å². The fourth-order valence-electron chi connectivity index (χ4n) is 1.72. The molecule has 1 heterocycles. The Morgan fingerprint density at radius 3 is 2.57 bits per heavy atom. The van der Waals surface area contributed by atoms with Crippen LogP contribution in [0.3, 0.4) is 0 Å². The summed E-state index contributed by atoms with van der Waals surface area (Å²) in [6, 6.07) is 7.98. The Hall–Kier alpha value is -1.13. The first-order chi connectivity index (χ1) is 9.77. The van der Waals surface area contributed by atoms with Crippen molar-refractivity contribution >= 4 is 27.5 Å². The summed E-state index contributed by atoms with van der Waals surface area (Å²) in [5, 5.41) is 0.444. The summed E-state index contributed by atoms with van der Waals surface area (Å²) < 4.78 is 6.86. The first-order valence-electron chi connectivity index (χ1n) is 6.69. The fourth-order valence-corrected chi connectivity index (χ4v) is 2.33. The number of halogens is 2. The van der Waals surface area contributed by atoms with Crippen molar-refractivity contribution in [1.29, 1.82) is 0 Å². The summed E-state index contributed by atoms with van der Waals surface area (Å²) in [6.45, 7) is 8.45. The SMILES string of the molecule is Cc1c(Cl)nc(C(C)(C)C)nc1OCc1cccc(Br)c1. The van der Waals surface area contributed by atoms with Crippen molar-refractivity contribution in [2.24, 2.45) is 0 Å². The number of ether oxygens (including phenoxy) is 1. The number of hydrogen-bond donors (Lipinski definition) is 0. The Balaban J connectivity index is 2.25. The van der Waals surface area contributed by atoms with Crippen LogP contribution in [0.4, 0.5) is 0 Å². The van der Waals surface area contributed by atoms with E-state index in [1.54, 1.807) is 0 Å². The molecular weight excluding hydrogens is 352 g/mol. The molecule has 0 unspecified atom stereocenters. The first-order valence-corrected chi connectivity index (χ1v) is 7.86. The van der Waals surface area contributed by atoms with Gasteiger partial charge in [-0.25, -0.2) is 4.98 Å². The monoisotopic (exact) mass is 368 g/mol. The molecule has 21 heavy (non-hydrogen) atoms. The predicted molar refractivity (Wildman–Crippen MR) is 89.0 cm³/mol. The zero-order chi connectivity index (χ0) is 15.6. The van der Waals surface area contributed by atoms with Gasteiger partial charge in [-0.1, -0.05) is 60.4 Å². The van der Waals surface area contributed by atoms with Crippen molar-refractivity contribution in [3.63, 3.8) is 0 Å². The van der Waals surface area contributed by atoms with Crippen LogP contribution in [-0.2, 0) is 12.0 Å². The minimum absolute atomic E-state index is 0.175. The van der Waals surface area contributed by atoms with Crippen LogP contribution >= 0.6 is 27.5 Å². The van der Waals surface area contributed by atoms with Gasteiger partial charge in [0.25, 0.3) is 0 Å². The van der Waals surface area contributed by atoms with E-state index in [4.69, 9.17) is 16.3 Å². The van der Waals surface area contributed by atoms with E-state index in [0.29, 0.717) is 23.5 Å². The quantitative estimate of drug-likeness (QED) is 0.708. The van der Waals surface area contributed by atoms with E-state index in [9.17, 15) is 0 Å². The lowest BCUT2D eigenvalue weighted by molar-refractivity contribution is 0.287. The van der Waals surface area contributed by atoms with Crippen LogP contribution in [0.1, 0.15) is 37.7 Å². The van der Waals surface area contributed by atoms with E-state index < -0.39 is 0 Å². The summed E-state index contributed by atoms with van der Waals surface area (Å²) in [6.07, 6.45) is 0. The average Bonchev–Trinajstić information content (AvgIpc) is 2.39. The maximum Gasteiger partial charge on any atom is 0.221 e. The number of hydrogen-bond acceptors (Lipinski definition) is 3. The van der Waals surface area contributed by atoms with Gasteiger partial charge in [0.1, 0.15) is 17.6 Å². The molecule has 0 aliphatic carbocycles. The highest BCUT2D eigenvalue weighted by Gasteiger charge is 2.21. The molecule has 0 saturated carbocycles. The van der Waals surface area contributed by atoms with Crippen LogP contribution in [0, 0.1) is 6.92 Å². The molecule has 0 aliphatic heterocycles. The first kappa shape index (κ1) is 16.2. The molecule has 112 valence electrons. The van der Waals surface area contributed by atoms with Gasteiger partial charge in [-0.2, -0.15) is 4.98 Å². The summed E-state index contributed by atoms with van der Waals surface area (Å²) >= 11 is 9.64. The maximum absolute atomic E-state index is 6.19. The molecule has 0 aliphatic rings. The molecular formula is C16H18BrClN2O. The Labute approximate surface area is 138 Å². The van der Waals surface area contributed by atoms with Gasteiger partial charge in [-0.15, -0.1) is 0 Å². The van der Waals surface area contributed by atoms with Gasteiger partial charge in [-0.05, 0) is 24.6 Å². The Bertz CT molecular complexity index is 653. The minimum Gasteiger partial charge on any atom is -0.472 e. The normalized spacial score (nSPS) is 11.5. The van der Waals surface area contributed by atoms with E-state index in [-0.39, 0.29) is 5.41 Å². The highest BCUT2D eigenvalue weighted by atomic mass is 79.9. The van der Waals surface area contributed by atoms with Crippen molar-refractivity contribution in [2.75, 3.05) is 0 Å². The highest BCUT2D eigenvalue weighted by molar-refractivity contribution is 9.10. The molecule has 0 amide bonds. The van der Waals surface area contributed by atoms with Gasteiger partial charge in [0, 0.05) is 15.5 Å². The third-order valence-electron chi connectivity index (χ3n) is 2.98. The summed E-state index contributed by atoms with van der Waals surface area (Å²) in [5.41, 5.74) is 1.65. The minimum atomic E-state index is -0.175. The van der Waals surface area contributed by atoms with Crippen LogP contribution in [0.2, 0.25) is 5.15 Å². The van der Waals surface area contributed by atoms with Crippen molar-refractivity contribution in [3.05, 3.63) is 50.8 Å². The molecule has 0 N–H and O–H groups in total. The fraction of sp³-hybridized carbons (Fsp3) is 0.375. The molecule has 2 aromatic rings. The lowest BCUT2D eigenvalue weighted by atomic mass is 9.96. The second-order valence-corrected chi connectivity index (χ2v) is 7.21. The largest absolute Gasteiger partial charge is 0.472 e. The summed E-state index contributed by atoms with van der Waals surface area (Å²) in [4.78, 5) is 8.85. The molecule has 1 aromatic carbocycles. The number of benzene rings is 1. The van der Waals surface area contributed by atoms with E-state index in [0.717, 1.165) is 15.6 Å². The molecule has 0 spiro atoms. The van der Waals surface area contributed by atoms with E-state index >= 15 is 0 Å². The highest BCUT2D eigenvalue weighted by Crippen LogP contribution is 2.28. The third kappa shape index (κ3) is 4.17. The van der Waals surface area contributed by atoms with Gasteiger partial charge in [0.2, 0.25) is 5.88 Å². The maximum atomic E-state index is 6.19. The zero-order valence-corrected chi connectivity index (χ0v) is 14.9. The number of rotatable bonds is 3. The van der Waals surface area contributed by atoms with Gasteiger partial charge >= 0.3 is 0 Å². The van der Waals surface area contributed by atoms with Crippen molar-refractivity contribution in [1.82, 2.24) is 9.97 Å². The van der Waals surface area contributed by atoms with Gasteiger partial charge < -0.3 is 4.74 Å². The standard InChI is InChI=1S/C16H18BrClN2O/c1-10-13(18)19-15(16(2,3)4)20-14(10)21-9-11-6-5-7-12(17)8-11/h5-8H,9H2,1-4H3.